The molecule has 2 bridgehead atoms. The lowest BCUT2D eigenvalue weighted by molar-refractivity contribution is 0.146. The molecule has 2 amide bonds. The summed E-state index contributed by atoms with van der Waals surface area (Å²) in [6.07, 6.45) is 3.53. The van der Waals surface area contributed by atoms with Crippen molar-refractivity contribution in [2.45, 2.75) is 45.1 Å². The average Bonchev–Trinajstić information content (AvgIpc) is 3.08. The molecule has 0 saturated heterocycles. The summed E-state index contributed by atoms with van der Waals surface area (Å²) in [5.74, 6) is 1.71. The lowest BCUT2D eigenvalue weighted by atomic mass is 9.85. The minimum Gasteiger partial charge on any atom is -0.396 e. The lowest BCUT2D eigenvalue weighted by Gasteiger charge is -2.30. The Morgan fingerprint density at radius 1 is 1.27 bits per heavy atom. The SMILES string of the molecule is CC(C)c1ccccc1NC(=O)NC1C2CCC(C2)C1CO. The highest BCUT2D eigenvalue weighted by molar-refractivity contribution is 5.90. The van der Waals surface area contributed by atoms with Gasteiger partial charge in [0, 0.05) is 24.3 Å². The van der Waals surface area contributed by atoms with E-state index in [-0.39, 0.29) is 24.6 Å². The Balaban J connectivity index is 1.66. The molecule has 4 atom stereocenters. The summed E-state index contributed by atoms with van der Waals surface area (Å²) in [6, 6.07) is 7.90. The zero-order valence-electron chi connectivity index (χ0n) is 13.4. The number of aliphatic hydroxyl groups excluding tert-OH is 1. The number of aliphatic hydroxyl groups is 1. The molecule has 0 radical (unpaired) electrons. The summed E-state index contributed by atoms with van der Waals surface area (Å²) in [6.45, 7) is 4.42. The summed E-state index contributed by atoms with van der Waals surface area (Å²) in [4.78, 5) is 12.4. The van der Waals surface area contributed by atoms with Crippen molar-refractivity contribution in [1.29, 1.82) is 0 Å². The Morgan fingerprint density at radius 3 is 2.73 bits per heavy atom. The van der Waals surface area contributed by atoms with E-state index in [9.17, 15) is 9.90 Å². The number of amides is 2. The van der Waals surface area contributed by atoms with Crippen LogP contribution in [0.1, 0.15) is 44.6 Å². The van der Waals surface area contributed by atoms with Crippen molar-refractivity contribution in [3.05, 3.63) is 29.8 Å². The second-order valence-corrected chi connectivity index (χ2v) is 7.05. The second-order valence-electron chi connectivity index (χ2n) is 7.05. The van der Waals surface area contributed by atoms with Gasteiger partial charge in [0.05, 0.1) is 0 Å². The first-order valence-corrected chi connectivity index (χ1v) is 8.37. The van der Waals surface area contributed by atoms with E-state index in [2.05, 4.69) is 24.5 Å². The van der Waals surface area contributed by atoms with Crippen LogP contribution >= 0.6 is 0 Å². The van der Waals surface area contributed by atoms with Gasteiger partial charge in [-0.15, -0.1) is 0 Å². The van der Waals surface area contributed by atoms with E-state index in [0.29, 0.717) is 17.8 Å². The topological polar surface area (TPSA) is 61.4 Å². The van der Waals surface area contributed by atoms with E-state index in [1.54, 1.807) is 0 Å². The van der Waals surface area contributed by atoms with E-state index in [1.165, 1.54) is 12.8 Å². The summed E-state index contributed by atoms with van der Waals surface area (Å²) < 4.78 is 0. The van der Waals surface area contributed by atoms with Crippen molar-refractivity contribution in [2.24, 2.45) is 17.8 Å². The molecule has 0 aliphatic heterocycles. The first-order chi connectivity index (χ1) is 10.6. The van der Waals surface area contributed by atoms with Crippen LogP contribution in [-0.4, -0.2) is 23.8 Å². The molecule has 3 N–H and O–H groups in total. The number of urea groups is 1. The highest BCUT2D eigenvalue weighted by Gasteiger charge is 2.47. The summed E-state index contributed by atoms with van der Waals surface area (Å²) in [7, 11) is 0. The zero-order valence-corrected chi connectivity index (χ0v) is 13.4. The van der Waals surface area contributed by atoms with Crippen LogP contribution in [0, 0.1) is 17.8 Å². The van der Waals surface area contributed by atoms with E-state index in [0.717, 1.165) is 17.7 Å². The average molecular weight is 302 g/mol. The van der Waals surface area contributed by atoms with Crippen LogP contribution in [0.15, 0.2) is 24.3 Å². The van der Waals surface area contributed by atoms with Gasteiger partial charge in [-0.25, -0.2) is 4.79 Å². The first kappa shape index (κ1) is 15.3. The van der Waals surface area contributed by atoms with Gasteiger partial charge in [0.15, 0.2) is 0 Å². The van der Waals surface area contributed by atoms with E-state index in [1.807, 2.05) is 24.3 Å². The van der Waals surface area contributed by atoms with Gasteiger partial charge < -0.3 is 15.7 Å². The van der Waals surface area contributed by atoms with Crippen LogP contribution in [0.5, 0.6) is 0 Å². The highest BCUT2D eigenvalue weighted by atomic mass is 16.3. The number of para-hydroxylation sites is 1. The molecule has 0 heterocycles. The van der Waals surface area contributed by atoms with Crippen LogP contribution in [-0.2, 0) is 0 Å². The first-order valence-electron chi connectivity index (χ1n) is 8.37. The van der Waals surface area contributed by atoms with Crippen LogP contribution in [0.2, 0.25) is 0 Å². The minimum atomic E-state index is -0.149. The van der Waals surface area contributed by atoms with Gasteiger partial charge in [-0.1, -0.05) is 32.0 Å². The molecule has 120 valence electrons. The molecule has 2 saturated carbocycles. The van der Waals surface area contributed by atoms with Gasteiger partial charge in [0.25, 0.3) is 0 Å². The monoisotopic (exact) mass is 302 g/mol. The fourth-order valence-corrected chi connectivity index (χ4v) is 4.32. The smallest absolute Gasteiger partial charge is 0.319 e. The van der Waals surface area contributed by atoms with Crippen molar-refractivity contribution in [2.75, 3.05) is 11.9 Å². The highest BCUT2D eigenvalue weighted by Crippen LogP contribution is 2.48. The Hall–Kier alpha value is -1.55. The molecular weight excluding hydrogens is 276 g/mol. The fourth-order valence-electron chi connectivity index (χ4n) is 4.32. The molecule has 3 rings (SSSR count). The van der Waals surface area contributed by atoms with E-state index < -0.39 is 0 Å². The number of hydrogen-bond donors (Lipinski definition) is 3. The predicted molar refractivity (Wildman–Crippen MR) is 87.9 cm³/mol. The molecule has 22 heavy (non-hydrogen) atoms. The number of anilines is 1. The molecule has 2 aliphatic carbocycles. The predicted octanol–water partition coefficient (Wildman–Crippen LogP) is 3.34. The molecule has 4 unspecified atom stereocenters. The third-order valence-corrected chi connectivity index (χ3v) is 5.43. The number of carbonyl (C=O) groups excluding carboxylic acids is 1. The molecule has 1 aromatic carbocycles. The summed E-state index contributed by atoms with van der Waals surface area (Å²) >= 11 is 0. The van der Waals surface area contributed by atoms with Crippen LogP contribution in [0.3, 0.4) is 0 Å². The van der Waals surface area contributed by atoms with Gasteiger partial charge >= 0.3 is 6.03 Å². The number of hydrogen-bond acceptors (Lipinski definition) is 2. The number of benzene rings is 1. The normalized spacial score (nSPS) is 29.8. The number of nitrogens with one attached hydrogen (secondary N) is 2. The molecular formula is C18H26N2O2. The molecule has 0 spiro atoms. The molecule has 2 aliphatic rings. The third kappa shape index (κ3) is 2.84. The maximum atomic E-state index is 12.4. The van der Waals surface area contributed by atoms with Gasteiger partial charge in [0.2, 0.25) is 0 Å². The van der Waals surface area contributed by atoms with Crippen LogP contribution < -0.4 is 10.6 Å². The standard InChI is InChI=1S/C18H26N2O2/c1-11(2)14-5-3-4-6-16(14)19-18(22)20-17-13-8-7-12(9-13)15(17)10-21/h3-6,11-13,15,17,21H,7-10H2,1-2H3,(H2,19,20,22). The maximum Gasteiger partial charge on any atom is 0.319 e. The largest absolute Gasteiger partial charge is 0.396 e. The van der Waals surface area contributed by atoms with Crippen LogP contribution in [0.25, 0.3) is 0 Å². The number of fused-ring (bicyclic) bond motifs is 2. The van der Waals surface area contributed by atoms with Crippen molar-refractivity contribution in [1.82, 2.24) is 5.32 Å². The molecule has 4 heteroatoms. The number of rotatable bonds is 4. The van der Waals surface area contributed by atoms with Crippen molar-refractivity contribution in [3.63, 3.8) is 0 Å². The van der Waals surface area contributed by atoms with Crippen molar-refractivity contribution >= 4 is 11.7 Å². The zero-order chi connectivity index (χ0) is 15.7. The van der Waals surface area contributed by atoms with Crippen molar-refractivity contribution in [3.8, 4) is 0 Å². The Labute approximate surface area is 132 Å². The summed E-state index contributed by atoms with van der Waals surface area (Å²) in [5, 5.41) is 15.7. The maximum absolute atomic E-state index is 12.4. The quantitative estimate of drug-likeness (QED) is 0.799. The summed E-state index contributed by atoms with van der Waals surface area (Å²) in [5.41, 5.74) is 2.02. The van der Waals surface area contributed by atoms with Gasteiger partial charge in [-0.3, -0.25) is 0 Å². The van der Waals surface area contributed by atoms with Gasteiger partial charge in [-0.05, 0) is 48.6 Å². The second kappa shape index (κ2) is 6.29. The van der Waals surface area contributed by atoms with E-state index in [4.69, 9.17) is 0 Å². The number of carbonyl (C=O) groups is 1. The molecule has 2 fully saturated rings. The third-order valence-electron chi connectivity index (χ3n) is 5.43. The minimum absolute atomic E-state index is 0.120. The van der Waals surface area contributed by atoms with Gasteiger partial charge in [0.1, 0.15) is 0 Å². The Kier molecular flexibility index (Phi) is 4.39. The molecule has 0 aromatic heterocycles. The van der Waals surface area contributed by atoms with Crippen molar-refractivity contribution < 1.29 is 9.90 Å². The Bertz CT molecular complexity index is 544. The fraction of sp³-hybridized carbons (Fsp3) is 0.611. The van der Waals surface area contributed by atoms with Crippen LogP contribution in [0.4, 0.5) is 10.5 Å². The van der Waals surface area contributed by atoms with E-state index >= 15 is 0 Å². The molecule has 1 aromatic rings. The lowest BCUT2D eigenvalue weighted by Crippen LogP contribution is -2.46. The molecule has 4 nitrogen and oxygen atoms in total. The Morgan fingerprint density at radius 2 is 2.00 bits per heavy atom. The van der Waals surface area contributed by atoms with Gasteiger partial charge in [-0.2, -0.15) is 0 Å².